The molecule has 3 rings (SSSR count). The highest BCUT2D eigenvalue weighted by Crippen LogP contribution is 2.25. The molecule has 0 aliphatic carbocycles. The van der Waals surface area contributed by atoms with Gasteiger partial charge in [0.25, 0.3) is 0 Å². The molecular weight excluding hydrogens is 485 g/mol. The van der Waals surface area contributed by atoms with Crippen molar-refractivity contribution in [3.05, 3.63) is 55.4 Å². The van der Waals surface area contributed by atoms with Crippen LogP contribution in [-0.4, -0.2) is 9.55 Å². The summed E-state index contributed by atoms with van der Waals surface area (Å²) in [7, 11) is 0. The zero-order valence-corrected chi connectivity index (χ0v) is 14.8. The largest absolute Gasteiger partial charge is 0.295 e. The molecule has 5 heteroatoms. The van der Waals surface area contributed by atoms with Gasteiger partial charge in [0.15, 0.2) is 0 Å². The van der Waals surface area contributed by atoms with Crippen molar-refractivity contribution in [1.82, 2.24) is 9.55 Å². The minimum absolute atomic E-state index is 0.400. The average molecular weight is 495 g/mol. The maximum atomic E-state index is 6.05. The molecule has 0 amide bonds. The molecule has 0 saturated carbocycles. The maximum absolute atomic E-state index is 6.05. The molecule has 0 atom stereocenters. The Morgan fingerprint density at radius 1 is 1.05 bits per heavy atom. The van der Waals surface area contributed by atoms with Crippen LogP contribution < -0.4 is 0 Å². The zero-order valence-electron chi connectivity index (χ0n) is 9.78. The van der Waals surface area contributed by atoms with E-state index in [0.717, 1.165) is 22.5 Å². The zero-order chi connectivity index (χ0) is 13.4. The molecule has 2 aromatic carbocycles. The Morgan fingerprint density at radius 3 is 2.58 bits per heavy atom. The highest BCUT2D eigenvalue weighted by Gasteiger charge is 2.12. The van der Waals surface area contributed by atoms with Crippen LogP contribution in [0.2, 0.25) is 0 Å². The van der Waals surface area contributed by atoms with Gasteiger partial charge in [-0.15, -0.1) is 11.6 Å². The summed E-state index contributed by atoms with van der Waals surface area (Å²) in [4.78, 5) is 4.62. The number of alkyl halides is 1. The lowest BCUT2D eigenvalue weighted by Gasteiger charge is -2.08. The lowest BCUT2D eigenvalue weighted by Crippen LogP contribution is -1.99. The Morgan fingerprint density at radius 2 is 1.84 bits per heavy atom. The molecule has 0 saturated heterocycles. The van der Waals surface area contributed by atoms with E-state index in [0.29, 0.717) is 5.88 Å². The fraction of sp³-hybridized carbons (Fsp3) is 0.0714. The molecule has 3 aromatic rings. The Balaban J connectivity index is 2.32. The number of halogens is 3. The normalized spacial score (nSPS) is 11.1. The fourth-order valence-electron chi connectivity index (χ4n) is 2.10. The molecule has 0 fully saturated rings. The molecule has 2 nitrogen and oxygen atoms in total. The van der Waals surface area contributed by atoms with Gasteiger partial charge in [0, 0.05) is 12.8 Å². The number of nitrogens with zero attached hydrogens (tertiary/aromatic N) is 2. The summed E-state index contributed by atoms with van der Waals surface area (Å²) < 4.78 is 4.50. The highest BCUT2D eigenvalue weighted by atomic mass is 127. The second kappa shape index (κ2) is 5.57. The molecule has 0 N–H and O–H groups in total. The molecule has 1 heterocycles. The van der Waals surface area contributed by atoms with Gasteiger partial charge in [-0.3, -0.25) is 4.57 Å². The SMILES string of the molecule is ClCc1nc2cc(I)ccc2n1-c1cccc(I)c1. The molecule has 0 unspecified atom stereocenters. The monoisotopic (exact) mass is 494 g/mol. The average Bonchev–Trinajstić information content (AvgIpc) is 2.76. The molecule has 96 valence electrons. The Labute approximate surface area is 143 Å². The third-order valence-corrected chi connectivity index (χ3v) is 4.45. The lowest BCUT2D eigenvalue weighted by molar-refractivity contribution is 0.981. The van der Waals surface area contributed by atoms with E-state index in [2.05, 4.69) is 91.1 Å². The molecule has 19 heavy (non-hydrogen) atoms. The van der Waals surface area contributed by atoms with Crippen molar-refractivity contribution >= 4 is 67.8 Å². The molecule has 0 spiro atoms. The molecule has 1 aromatic heterocycles. The minimum atomic E-state index is 0.400. The summed E-state index contributed by atoms with van der Waals surface area (Å²) in [5, 5.41) is 0. The first-order chi connectivity index (χ1) is 9.19. The predicted octanol–water partition coefficient (Wildman–Crippen LogP) is 4.97. The van der Waals surface area contributed by atoms with Crippen molar-refractivity contribution in [2.24, 2.45) is 0 Å². The molecule has 0 bridgehead atoms. The van der Waals surface area contributed by atoms with Crippen LogP contribution in [0.1, 0.15) is 5.82 Å². The number of benzene rings is 2. The highest BCUT2D eigenvalue weighted by molar-refractivity contribution is 14.1. The number of rotatable bonds is 2. The van der Waals surface area contributed by atoms with Crippen molar-refractivity contribution in [3.63, 3.8) is 0 Å². The van der Waals surface area contributed by atoms with E-state index in [1.54, 1.807) is 0 Å². The van der Waals surface area contributed by atoms with Crippen molar-refractivity contribution in [3.8, 4) is 5.69 Å². The van der Waals surface area contributed by atoms with E-state index in [1.165, 1.54) is 7.14 Å². The van der Waals surface area contributed by atoms with Gasteiger partial charge in [-0.1, -0.05) is 6.07 Å². The topological polar surface area (TPSA) is 17.8 Å². The summed E-state index contributed by atoms with van der Waals surface area (Å²) in [6.07, 6.45) is 0. The molecular formula is C14H9ClI2N2. The third-order valence-electron chi connectivity index (χ3n) is 2.87. The summed E-state index contributed by atoms with van der Waals surface area (Å²) in [6, 6.07) is 14.6. The summed E-state index contributed by atoms with van der Waals surface area (Å²) in [5.74, 6) is 1.28. The number of imidazole rings is 1. The van der Waals surface area contributed by atoms with Crippen LogP contribution in [0.5, 0.6) is 0 Å². The van der Waals surface area contributed by atoms with Gasteiger partial charge in [-0.25, -0.2) is 4.98 Å². The fourth-order valence-corrected chi connectivity index (χ4v) is 3.28. The lowest BCUT2D eigenvalue weighted by atomic mass is 10.3. The molecule has 0 radical (unpaired) electrons. The number of hydrogen-bond acceptors (Lipinski definition) is 1. The minimum Gasteiger partial charge on any atom is -0.295 e. The second-order valence-electron chi connectivity index (χ2n) is 4.11. The van der Waals surface area contributed by atoms with Crippen LogP contribution >= 0.6 is 56.8 Å². The first-order valence-corrected chi connectivity index (χ1v) is 8.37. The van der Waals surface area contributed by atoms with Crippen molar-refractivity contribution in [2.75, 3.05) is 0 Å². The summed E-state index contributed by atoms with van der Waals surface area (Å²) >= 11 is 10.7. The quantitative estimate of drug-likeness (QED) is 0.363. The first kappa shape index (κ1) is 13.6. The standard InChI is InChI=1S/C14H9ClI2N2/c15-8-14-18-12-7-10(17)4-5-13(12)19(14)11-3-1-2-9(16)6-11/h1-7H,8H2. The Kier molecular flexibility index (Phi) is 4.00. The van der Waals surface area contributed by atoms with E-state index in [4.69, 9.17) is 11.6 Å². The van der Waals surface area contributed by atoms with E-state index in [-0.39, 0.29) is 0 Å². The van der Waals surface area contributed by atoms with Crippen LogP contribution in [-0.2, 0) is 5.88 Å². The smallest absolute Gasteiger partial charge is 0.129 e. The maximum Gasteiger partial charge on any atom is 0.129 e. The predicted molar refractivity (Wildman–Crippen MR) is 96.1 cm³/mol. The first-order valence-electron chi connectivity index (χ1n) is 5.68. The van der Waals surface area contributed by atoms with Gasteiger partial charge in [-0.2, -0.15) is 0 Å². The third kappa shape index (κ3) is 2.62. The van der Waals surface area contributed by atoms with Crippen LogP contribution in [0, 0.1) is 7.14 Å². The Hall–Kier alpha value is -0.340. The number of fused-ring (bicyclic) bond motifs is 1. The van der Waals surface area contributed by atoms with Gasteiger partial charge in [0.2, 0.25) is 0 Å². The van der Waals surface area contributed by atoms with Gasteiger partial charge in [-0.05, 0) is 81.6 Å². The van der Waals surface area contributed by atoms with Crippen LogP contribution in [0.15, 0.2) is 42.5 Å². The van der Waals surface area contributed by atoms with Gasteiger partial charge < -0.3 is 0 Å². The number of hydrogen-bond donors (Lipinski definition) is 0. The van der Waals surface area contributed by atoms with Crippen LogP contribution in [0.3, 0.4) is 0 Å². The van der Waals surface area contributed by atoms with Crippen LogP contribution in [0.25, 0.3) is 16.7 Å². The summed E-state index contributed by atoms with van der Waals surface area (Å²) in [6.45, 7) is 0. The van der Waals surface area contributed by atoms with Crippen molar-refractivity contribution in [2.45, 2.75) is 5.88 Å². The number of aromatic nitrogens is 2. The van der Waals surface area contributed by atoms with Crippen molar-refractivity contribution < 1.29 is 0 Å². The van der Waals surface area contributed by atoms with E-state index < -0.39 is 0 Å². The van der Waals surface area contributed by atoms with Gasteiger partial charge in [0.05, 0.1) is 16.9 Å². The van der Waals surface area contributed by atoms with E-state index in [9.17, 15) is 0 Å². The van der Waals surface area contributed by atoms with E-state index >= 15 is 0 Å². The van der Waals surface area contributed by atoms with Gasteiger partial charge in [0.1, 0.15) is 5.82 Å². The summed E-state index contributed by atoms with van der Waals surface area (Å²) in [5.41, 5.74) is 3.19. The van der Waals surface area contributed by atoms with Crippen molar-refractivity contribution in [1.29, 1.82) is 0 Å². The van der Waals surface area contributed by atoms with Crippen LogP contribution in [0.4, 0.5) is 0 Å². The molecule has 0 aliphatic heterocycles. The Bertz CT molecular complexity index is 752. The molecule has 0 aliphatic rings. The van der Waals surface area contributed by atoms with Gasteiger partial charge >= 0.3 is 0 Å². The second-order valence-corrected chi connectivity index (χ2v) is 6.87. The van der Waals surface area contributed by atoms with E-state index in [1.807, 2.05) is 6.07 Å².